The number of carbonyl (C=O) groups excluding carboxylic acids is 1. The quantitative estimate of drug-likeness (QED) is 0.254. The van der Waals surface area contributed by atoms with Crippen molar-refractivity contribution in [3.63, 3.8) is 0 Å². The Bertz CT molecular complexity index is 1460. The smallest absolute Gasteiger partial charge is 0.262 e. The standard InChI is InChI=1S/C25H23BrN4O4S/c1-15-16(2)35-24-22(15)25(32)30(14-27-24)12-21(31)29-28-11-18-9-19(26)23(20(10-18)33-3)34-13-17-7-5-4-6-8-17/h4-11,14H,12-13H2,1-3H3,(H,29,31)/b28-11-. The zero-order chi connectivity index (χ0) is 24.9. The van der Waals surface area contributed by atoms with E-state index in [1.807, 2.05) is 50.2 Å². The van der Waals surface area contributed by atoms with Gasteiger partial charge in [0.15, 0.2) is 11.5 Å². The van der Waals surface area contributed by atoms with Crippen molar-refractivity contribution in [1.82, 2.24) is 15.0 Å². The van der Waals surface area contributed by atoms with E-state index in [1.54, 1.807) is 13.2 Å². The molecular weight excluding hydrogens is 532 g/mol. The molecule has 180 valence electrons. The molecular formula is C25H23BrN4O4S. The topological polar surface area (TPSA) is 94.8 Å². The first-order valence-corrected chi connectivity index (χ1v) is 12.3. The number of amides is 1. The number of benzene rings is 2. The van der Waals surface area contributed by atoms with Gasteiger partial charge in [-0.15, -0.1) is 11.3 Å². The van der Waals surface area contributed by atoms with Gasteiger partial charge in [-0.1, -0.05) is 30.3 Å². The SMILES string of the molecule is COc1cc(/C=N\NC(=O)Cn2cnc3sc(C)c(C)c3c2=O)cc(Br)c1OCc1ccccc1. The molecule has 0 atom stereocenters. The molecule has 0 fully saturated rings. The van der Waals surface area contributed by atoms with E-state index in [0.29, 0.717) is 38.4 Å². The first-order valence-electron chi connectivity index (χ1n) is 10.7. The average molecular weight is 555 g/mol. The molecule has 0 spiro atoms. The predicted molar refractivity (Wildman–Crippen MR) is 141 cm³/mol. The molecule has 0 aliphatic carbocycles. The number of hydrogen-bond acceptors (Lipinski definition) is 7. The number of aryl methyl sites for hydroxylation is 2. The molecule has 0 unspecified atom stereocenters. The van der Waals surface area contributed by atoms with E-state index in [-0.39, 0.29) is 12.1 Å². The molecule has 0 bridgehead atoms. The summed E-state index contributed by atoms with van der Waals surface area (Å²) in [7, 11) is 1.55. The lowest BCUT2D eigenvalue weighted by Crippen LogP contribution is -2.30. The van der Waals surface area contributed by atoms with Gasteiger partial charge in [-0.25, -0.2) is 10.4 Å². The molecule has 2 aromatic carbocycles. The highest BCUT2D eigenvalue weighted by Crippen LogP contribution is 2.36. The molecule has 35 heavy (non-hydrogen) atoms. The van der Waals surface area contributed by atoms with Crippen molar-refractivity contribution in [3.8, 4) is 11.5 Å². The maximum atomic E-state index is 12.8. The third-order valence-electron chi connectivity index (χ3n) is 5.35. The van der Waals surface area contributed by atoms with E-state index in [9.17, 15) is 9.59 Å². The van der Waals surface area contributed by atoms with E-state index >= 15 is 0 Å². The van der Waals surface area contributed by atoms with Crippen molar-refractivity contribution in [1.29, 1.82) is 0 Å². The highest BCUT2D eigenvalue weighted by Gasteiger charge is 2.14. The maximum absolute atomic E-state index is 12.8. The average Bonchev–Trinajstić information content (AvgIpc) is 3.14. The van der Waals surface area contributed by atoms with Crippen LogP contribution in [-0.4, -0.2) is 28.8 Å². The first-order chi connectivity index (χ1) is 16.9. The Labute approximate surface area is 214 Å². The molecule has 4 aromatic rings. The van der Waals surface area contributed by atoms with Crippen LogP contribution in [-0.2, 0) is 17.9 Å². The summed E-state index contributed by atoms with van der Waals surface area (Å²) in [5.74, 6) is 0.650. The summed E-state index contributed by atoms with van der Waals surface area (Å²) in [5.41, 5.74) is 4.83. The third-order valence-corrected chi connectivity index (χ3v) is 7.05. The van der Waals surface area contributed by atoms with Crippen LogP contribution in [0.15, 0.2) is 63.2 Å². The fourth-order valence-corrected chi connectivity index (χ4v) is 5.00. The highest BCUT2D eigenvalue weighted by molar-refractivity contribution is 9.10. The molecule has 4 rings (SSSR count). The van der Waals surface area contributed by atoms with Crippen molar-refractivity contribution in [2.45, 2.75) is 27.0 Å². The van der Waals surface area contributed by atoms with Gasteiger partial charge in [-0.2, -0.15) is 5.10 Å². The van der Waals surface area contributed by atoms with Crippen LogP contribution in [0.25, 0.3) is 10.2 Å². The highest BCUT2D eigenvalue weighted by atomic mass is 79.9. The van der Waals surface area contributed by atoms with Crippen LogP contribution in [0.4, 0.5) is 0 Å². The summed E-state index contributed by atoms with van der Waals surface area (Å²) in [6.45, 7) is 4.04. The zero-order valence-corrected chi connectivity index (χ0v) is 21.8. The maximum Gasteiger partial charge on any atom is 0.262 e. The second-order valence-corrected chi connectivity index (χ2v) is 9.80. The molecule has 2 aromatic heterocycles. The number of aromatic nitrogens is 2. The molecule has 2 heterocycles. The van der Waals surface area contributed by atoms with Gasteiger partial charge in [0.2, 0.25) is 0 Å². The Morgan fingerprint density at radius 1 is 1.26 bits per heavy atom. The largest absolute Gasteiger partial charge is 0.493 e. The van der Waals surface area contributed by atoms with Crippen LogP contribution in [0.5, 0.6) is 11.5 Å². The number of halogens is 1. The second kappa shape index (κ2) is 10.8. The monoisotopic (exact) mass is 554 g/mol. The minimum atomic E-state index is -0.442. The summed E-state index contributed by atoms with van der Waals surface area (Å²) in [6, 6.07) is 13.4. The van der Waals surface area contributed by atoms with Crippen molar-refractivity contribution in [2.75, 3.05) is 7.11 Å². The lowest BCUT2D eigenvalue weighted by atomic mass is 10.2. The fourth-order valence-electron chi connectivity index (χ4n) is 3.44. The van der Waals surface area contributed by atoms with E-state index < -0.39 is 5.91 Å². The van der Waals surface area contributed by atoms with Crippen molar-refractivity contribution in [2.24, 2.45) is 5.10 Å². The Kier molecular flexibility index (Phi) is 7.62. The summed E-state index contributed by atoms with van der Waals surface area (Å²) in [4.78, 5) is 31.2. The van der Waals surface area contributed by atoms with Gasteiger partial charge in [0.1, 0.15) is 18.0 Å². The number of fused-ring (bicyclic) bond motifs is 1. The number of nitrogens with zero attached hydrogens (tertiary/aromatic N) is 3. The van der Waals surface area contributed by atoms with Crippen LogP contribution < -0.4 is 20.5 Å². The van der Waals surface area contributed by atoms with Crippen molar-refractivity contribution >= 4 is 49.6 Å². The summed E-state index contributed by atoms with van der Waals surface area (Å²) >= 11 is 4.98. The minimum absolute atomic E-state index is 0.188. The molecule has 0 aliphatic heterocycles. The van der Waals surface area contributed by atoms with Crippen molar-refractivity contribution in [3.05, 3.63) is 85.2 Å². The molecule has 1 amide bonds. The number of rotatable bonds is 8. The van der Waals surface area contributed by atoms with E-state index in [2.05, 4.69) is 31.4 Å². The Hall–Kier alpha value is -3.50. The van der Waals surface area contributed by atoms with Gasteiger partial charge in [-0.05, 0) is 58.6 Å². The molecule has 10 heteroatoms. The van der Waals surface area contributed by atoms with Gasteiger partial charge < -0.3 is 9.47 Å². The second-order valence-electron chi connectivity index (χ2n) is 7.74. The van der Waals surface area contributed by atoms with Crippen LogP contribution in [0.1, 0.15) is 21.6 Å². The number of nitrogens with one attached hydrogen (secondary N) is 1. The third kappa shape index (κ3) is 5.60. The molecule has 0 saturated heterocycles. The molecule has 0 saturated carbocycles. The number of hydrazone groups is 1. The molecule has 1 N–H and O–H groups in total. The number of hydrogen-bond donors (Lipinski definition) is 1. The molecule has 0 aliphatic rings. The summed E-state index contributed by atoms with van der Waals surface area (Å²) in [6.07, 6.45) is 2.88. The number of ether oxygens (including phenoxy) is 2. The van der Waals surface area contributed by atoms with E-state index in [1.165, 1.54) is 28.4 Å². The lowest BCUT2D eigenvalue weighted by Gasteiger charge is -2.13. The summed E-state index contributed by atoms with van der Waals surface area (Å²) in [5, 5.41) is 4.57. The van der Waals surface area contributed by atoms with Gasteiger partial charge >= 0.3 is 0 Å². The molecule has 8 nitrogen and oxygen atoms in total. The van der Waals surface area contributed by atoms with Gasteiger partial charge in [0.05, 0.1) is 29.5 Å². The van der Waals surface area contributed by atoms with E-state index in [4.69, 9.17) is 9.47 Å². The number of thiophene rings is 1. The number of carbonyl (C=O) groups is 1. The van der Waals surface area contributed by atoms with Crippen LogP contribution in [0.2, 0.25) is 0 Å². The van der Waals surface area contributed by atoms with Gasteiger partial charge in [0.25, 0.3) is 11.5 Å². The summed E-state index contributed by atoms with van der Waals surface area (Å²) < 4.78 is 13.4. The van der Waals surface area contributed by atoms with Gasteiger partial charge in [0, 0.05) is 4.88 Å². The van der Waals surface area contributed by atoms with Gasteiger partial charge in [-0.3, -0.25) is 14.2 Å². The Morgan fingerprint density at radius 2 is 2.03 bits per heavy atom. The normalized spacial score (nSPS) is 11.2. The van der Waals surface area contributed by atoms with Crippen LogP contribution in [0, 0.1) is 13.8 Å². The number of methoxy groups -OCH3 is 1. The zero-order valence-electron chi connectivity index (χ0n) is 19.4. The molecule has 0 radical (unpaired) electrons. The first kappa shape index (κ1) is 24.6. The van der Waals surface area contributed by atoms with Crippen LogP contribution in [0.3, 0.4) is 0 Å². The lowest BCUT2D eigenvalue weighted by molar-refractivity contribution is -0.121. The predicted octanol–water partition coefficient (Wildman–Crippen LogP) is 4.58. The fraction of sp³-hybridized carbons (Fsp3) is 0.200. The van der Waals surface area contributed by atoms with Crippen molar-refractivity contribution < 1.29 is 14.3 Å². The van der Waals surface area contributed by atoms with E-state index in [0.717, 1.165) is 16.0 Å². The minimum Gasteiger partial charge on any atom is -0.493 e. The Balaban J connectivity index is 1.42. The Morgan fingerprint density at radius 3 is 2.77 bits per heavy atom. The van der Waals surface area contributed by atoms with Crippen LogP contribution >= 0.6 is 27.3 Å².